The van der Waals surface area contributed by atoms with Crippen molar-refractivity contribution in [1.82, 2.24) is 15.5 Å². The van der Waals surface area contributed by atoms with Crippen LogP contribution < -0.4 is 15.4 Å². The third-order valence-corrected chi connectivity index (χ3v) is 8.92. The average Bonchev–Trinajstić information content (AvgIpc) is 3.37. The molecule has 1 unspecified atom stereocenters. The van der Waals surface area contributed by atoms with Gasteiger partial charge in [0.05, 0.1) is 32.0 Å². The van der Waals surface area contributed by atoms with Crippen molar-refractivity contribution in [2.24, 2.45) is 5.92 Å². The Morgan fingerprint density at radius 2 is 1.93 bits per heavy atom. The van der Waals surface area contributed by atoms with Gasteiger partial charge in [-0.2, -0.15) is 0 Å². The van der Waals surface area contributed by atoms with Gasteiger partial charge in [-0.25, -0.2) is 0 Å². The quantitative estimate of drug-likeness (QED) is 0.360. The summed E-state index contributed by atoms with van der Waals surface area (Å²) in [6.07, 6.45) is 7.99. The van der Waals surface area contributed by atoms with Gasteiger partial charge in [0.1, 0.15) is 11.8 Å². The average molecular weight is 592 g/mol. The van der Waals surface area contributed by atoms with Crippen LogP contribution in [0.1, 0.15) is 81.2 Å². The number of aliphatic hydroxyl groups excluding tert-OH is 1. The Bertz CT molecular complexity index is 1220. The second-order valence-corrected chi connectivity index (χ2v) is 11.8. The van der Waals surface area contributed by atoms with Crippen molar-refractivity contribution >= 4 is 11.8 Å². The van der Waals surface area contributed by atoms with Crippen LogP contribution in [0.2, 0.25) is 0 Å². The van der Waals surface area contributed by atoms with Crippen molar-refractivity contribution in [3.63, 3.8) is 0 Å². The van der Waals surface area contributed by atoms with Crippen LogP contribution >= 0.6 is 0 Å². The Morgan fingerprint density at radius 1 is 1.14 bits per heavy atom. The standard InChI is InChI=1S/C35H49N3O5/c1-5-7-15-25(6-2)35(41)38(3)31-16-11-12-19-43-33-22-29(28-21-26(42-4)17-18-27(28)33)36-23-32(39)30(37-34(31)40)20-24-13-9-8-10-14-24/h8-14,17-18,21,25,29-33,36,39H,5-7,15-16,19-20,22-23H2,1-4H3,(H,37,40)/b12-11+/t25?,29-,30-,31-,32+,33+/m0/s1. The van der Waals surface area contributed by atoms with E-state index in [0.29, 0.717) is 19.4 Å². The van der Waals surface area contributed by atoms with Gasteiger partial charge in [0, 0.05) is 25.6 Å². The highest BCUT2D eigenvalue weighted by molar-refractivity contribution is 5.88. The van der Waals surface area contributed by atoms with E-state index < -0.39 is 18.2 Å². The number of aliphatic hydroxyl groups is 1. The molecule has 2 amide bonds. The molecular formula is C35H49N3O5. The van der Waals surface area contributed by atoms with E-state index in [1.54, 1.807) is 19.1 Å². The summed E-state index contributed by atoms with van der Waals surface area (Å²) in [6.45, 7) is 4.82. The molecule has 2 aliphatic rings. The molecule has 4 rings (SSSR count). The van der Waals surface area contributed by atoms with Gasteiger partial charge in [0.15, 0.2) is 0 Å². The van der Waals surface area contributed by atoms with Crippen molar-refractivity contribution in [1.29, 1.82) is 0 Å². The summed E-state index contributed by atoms with van der Waals surface area (Å²) < 4.78 is 11.8. The number of unbranched alkanes of at least 4 members (excludes halogenated alkanes) is 1. The molecule has 0 spiro atoms. The number of likely N-dealkylation sites (N-methyl/N-ethyl adjacent to an activating group) is 1. The van der Waals surface area contributed by atoms with Crippen molar-refractivity contribution in [2.75, 3.05) is 27.3 Å². The molecule has 8 nitrogen and oxygen atoms in total. The largest absolute Gasteiger partial charge is 0.497 e. The fraction of sp³-hybridized carbons (Fsp3) is 0.543. The second-order valence-electron chi connectivity index (χ2n) is 11.8. The van der Waals surface area contributed by atoms with E-state index in [4.69, 9.17) is 9.47 Å². The van der Waals surface area contributed by atoms with Crippen LogP contribution in [0.25, 0.3) is 0 Å². The van der Waals surface area contributed by atoms with E-state index in [1.165, 1.54) is 0 Å². The molecule has 0 saturated carbocycles. The Kier molecular flexibility index (Phi) is 12.2. The normalized spacial score (nSPS) is 25.9. The summed E-state index contributed by atoms with van der Waals surface area (Å²) in [6, 6.07) is 14.6. The Hall–Kier alpha value is -3.20. The molecule has 0 saturated heterocycles. The lowest BCUT2D eigenvalue weighted by Crippen LogP contribution is -2.55. The van der Waals surface area contributed by atoms with Crippen molar-refractivity contribution in [3.8, 4) is 5.75 Å². The maximum absolute atomic E-state index is 13.9. The van der Waals surface area contributed by atoms with Crippen LogP contribution in [0, 0.1) is 5.92 Å². The Balaban J connectivity index is 1.62. The number of nitrogens with one attached hydrogen (secondary N) is 2. The first kappa shape index (κ1) is 32.7. The highest BCUT2D eigenvalue weighted by Crippen LogP contribution is 2.42. The molecule has 234 valence electrons. The number of hydrogen-bond acceptors (Lipinski definition) is 6. The number of hydrogen-bond donors (Lipinski definition) is 3. The van der Waals surface area contributed by atoms with Gasteiger partial charge in [-0.05, 0) is 60.9 Å². The van der Waals surface area contributed by atoms with E-state index in [9.17, 15) is 14.7 Å². The molecule has 1 heterocycles. The van der Waals surface area contributed by atoms with E-state index in [-0.39, 0.29) is 36.4 Å². The molecule has 8 heteroatoms. The SMILES string of the molecule is CCCCC(CC)C(=O)N(C)[C@H]1C/C=C/CO[C@@H]2C[C@H](NC[C@@H](O)[C@H](Cc3ccccc3)NC1=O)c1cc(OC)ccc12. The van der Waals surface area contributed by atoms with Crippen LogP contribution in [-0.4, -0.2) is 67.3 Å². The zero-order valence-corrected chi connectivity index (χ0v) is 26.1. The van der Waals surface area contributed by atoms with Crippen molar-refractivity contribution in [3.05, 3.63) is 77.4 Å². The highest BCUT2D eigenvalue weighted by Gasteiger charge is 2.35. The molecule has 1 aliphatic heterocycles. The van der Waals surface area contributed by atoms with Crippen molar-refractivity contribution < 1.29 is 24.2 Å². The monoisotopic (exact) mass is 591 g/mol. The number of benzene rings is 2. The minimum Gasteiger partial charge on any atom is -0.497 e. The molecule has 3 N–H and O–H groups in total. The number of fused-ring (bicyclic) bond motifs is 5. The van der Waals surface area contributed by atoms with Gasteiger partial charge < -0.3 is 30.1 Å². The summed E-state index contributed by atoms with van der Waals surface area (Å²) in [4.78, 5) is 29.1. The third-order valence-electron chi connectivity index (χ3n) is 8.92. The van der Waals surface area contributed by atoms with Crippen LogP contribution in [0.15, 0.2) is 60.7 Å². The van der Waals surface area contributed by atoms with Gasteiger partial charge in [0.2, 0.25) is 11.8 Å². The van der Waals surface area contributed by atoms with Gasteiger partial charge in [-0.3, -0.25) is 9.59 Å². The Labute approximate surface area is 256 Å². The number of amides is 2. The number of rotatable bonds is 9. The number of nitrogens with zero attached hydrogens (tertiary/aromatic N) is 1. The number of methoxy groups -OCH3 is 1. The highest BCUT2D eigenvalue weighted by atomic mass is 16.5. The zero-order valence-electron chi connectivity index (χ0n) is 26.1. The maximum atomic E-state index is 13.9. The van der Waals surface area contributed by atoms with Crippen LogP contribution in [0.3, 0.4) is 0 Å². The fourth-order valence-corrected chi connectivity index (χ4v) is 6.23. The minimum absolute atomic E-state index is 0.00941. The van der Waals surface area contributed by atoms with Gasteiger partial charge >= 0.3 is 0 Å². The van der Waals surface area contributed by atoms with Gasteiger partial charge in [-0.1, -0.05) is 75.2 Å². The topological polar surface area (TPSA) is 100 Å². The molecule has 6 atom stereocenters. The maximum Gasteiger partial charge on any atom is 0.243 e. The summed E-state index contributed by atoms with van der Waals surface area (Å²) in [7, 11) is 3.39. The van der Waals surface area contributed by atoms with E-state index in [0.717, 1.165) is 54.5 Å². The Morgan fingerprint density at radius 3 is 2.65 bits per heavy atom. The predicted octanol–water partition coefficient (Wildman–Crippen LogP) is 4.88. The lowest BCUT2D eigenvalue weighted by atomic mass is 9.96. The number of ether oxygens (including phenoxy) is 2. The van der Waals surface area contributed by atoms with Crippen LogP contribution in [0.4, 0.5) is 0 Å². The lowest BCUT2D eigenvalue weighted by Gasteiger charge is -2.32. The zero-order chi connectivity index (χ0) is 30.8. The van der Waals surface area contributed by atoms with E-state index in [1.807, 2.05) is 61.5 Å². The summed E-state index contributed by atoms with van der Waals surface area (Å²) in [5, 5.41) is 18.2. The number of carbonyl (C=O) groups is 2. The molecule has 2 aromatic carbocycles. The van der Waals surface area contributed by atoms with E-state index in [2.05, 4.69) is 23.6 Å². The van der Waals surface area contributed by atoms with Gasteiger partial charge in [-0.15, -0.1) is 0 Å². The lowest BCUT2D eigenvalue weighted by molar-refractivity contribution is -0.142. The summed E-state index contributed by atoms with van der Waals surface area (Å²) in [5.74, 6) is 0.383. The molecule has 2 bridgehead atoms. The van der Waals surface area contributed by atoms with Gasteiger partial charge in [0.25, 0.3) is 0 Å². The first-order chi connectivity index (χ1) is 20.9. The molecule has 43 heavy (non-hydrogen) atoms. The predicted molar refractivity (Wildman–Crippen MR) is 169 cm³/mol. The smallest absolute Gasteiger partial charge is 0.243 e. The van der Waals surface area contributed by atoms with Crippen LogP contribution in [-0.2, 0) is 20.7 Å². The number of β-amino-alcohol motifs (C(OH)–C–C–N with tert-alkyl or cyclic N) is 1. The molecule has 1 aliphatic carbocycles. The number of carbonyl (C=O) groups excluding carboxylic acids is 2. The molecule has 0 radical (unpaired) electrons. The van der Waals surface area contributed by atoms with Crippen LogP contribution in [0.5, 0.6) is 5.75 Å². The molecular weight excluding hydrogens is 542 g/mol. The third kappa shape index (κ3) is 8.46. The first-order valence-electron chi connectivity index (χ1n) is 15.8. The van der Waals surface area contributed by atoms with Crippen molar-refractivity contribution in [2.45, 2.75) is 89.1 Å². The molecule has 0 fully saturated rings. The first-order valence-corrected chi connectivity index (χ1v) is 15.8. The molecule has 2 aromatic rings. The summed E-state index contributed by atoms with van der Waals surface area (Å²) >= 11 is 0. The molecule has 0 aromatic heterocycles. The fourth-order valence-electron chi connectivity index (χ4n) is 6.23. The second kappa shape index (κ2) is 16.0. The summed E-state index contributed by atoms with van der Waals surface area (Å²) in [5.41, 5.74) is 3.23. The minimum atomic E-state index is -0.867. The van der Waals surface area contributed by atoms with E-state index >= 15 is 0 Å².